The first-order chi connectivity index (χ1) is 12.7. The number of hydrogen-bond acceptors (Lipinski definition) is 4. The van der Waals surface area contributed by atoms with Crippen LogP contribution in [0, 0.1) is 11.3 Å². The molecule has 1 N–H and O–H groups in total. The topological polar surface area (TPSA) is 90.6 Å². The fourth-order valence-corrected chi connectivity index (χ4v) is 3.42. The van der Waals surface area contributed by atoms with Gasteiger partial charge in [-0.15, -0.1) is 0 Å². The van der Waals surface area contributed by atoms with E-state index in [0.717, 1.165) is 18.4 Å². The molecule has 0 unspecified atom stereocenters. The van der Waals surface area contributed by atoms with E-state index in [4.69, 9.17) is 5.26 Å². The van der Waals surface area contributed by atoms with Crippen LogP contribution in [0.25, 0.3) is 11.4 Å². The summed E-state index contributed by atoms with van der Waals surface area (Å²) < 4.78 is 1.70. The molecule has 130 valence electrons. The van der Waals surface area contributed by atoms with Gasteiger partial charge in [-0.05, 0) is 18.9 Å². The number of rotatable bonds is 3. The Hall–Kier alpha value is -3.40. The second-order valence-corrected chi connectivity index (χ2v) is 6.40. The lowest BCUT2D eigenvalue weighted by atomic mass is 10.2. The third kappa shape index (κ3) is 2.75. The number of amides is 1. The van der Waals surface area contributed by atoms with Gasteiger partial charge in [0.2, 0.25) is 0 Å². The number of aromatic nitrogens is 4. The van der Waals surface area contributed by atoms with Gasteiger partial charge in [-0.25, -0.2) is 4.98 Å². The van der Waals surface area contributed by atoms with Crippen molar-refractivity contribution in [1.29, 1.82) is 5.26 Å². The fourth-order valence-electron chi connectivity index (χ4n) is 3.42. The number of likely N-dealkylation sites (tertiary alicyclic amines) is 1. The summed E-state index contributed by atoms with van der Waals surface area (Å²) in [5, 5.41) is 16.4. The van der Waals surface area contributed by atoms with Crippen LogP contribution in [-0.2, 0) is 7.05 Å². The Morgan fingerprint density at radius 3 is 2.88 bits per heavy atom. The number of aromatic amines is 1. The summed E-state index contributed by atoms with van der Waals surface area (Å²) in [4.78, 5) is 19.4. The van der Waals surface area contributed by atoms with Crippen molar-refractivity contribution in [2.75, 3.05) is 6.54 Å². The van der Waals surface area contributed by atoms with Gasteiger partial charge in [-0.3, -0.25) is 9.89 Å². The molecule has 7 nitrogen and oxygen atoms in total. The van der Waals surface area contributed by atoms with E-state index in [1.807, 2.05) is 35.2 Å². The molecule has 0 saturated carbocycles. The number of H-pyrrole nitrogens is 1. The Bertz CT molecular complexity index is 981. The Morgan fingerprint density at radius 2 is 2.15 bits per heavy atom. The molecule has 7 heteroatoms. The Balaban J connectivity index is 1.61. The molecule has 2 aromatic heterocycles. The second-order valence-electron chi connectivity index (χ2n) is 6.40. The molecule has 0 aliphatic carbocycles. The van der Waals surface area contributed by atoms with Crippen molar-refractivity contribution in [2.45, 2.75) is 18.9 Å². The quantitative estimate of drug-likeness (QED) is 0.789. The molecule has 3 aromatic rings. The number of aryl methyl sites for hydroxylation is 1. The Morgan fingerprint density at radius 1 is 1.35 bits per heavy atom. The van der Waals surface area contributed by atoms with Crippen molar-refractivity contribution in [3.8, 4) is 17.5 Å². The van der Waals surface area contributed by atoms with Crippen LogP contribution in [-0.4, -0.2) is 37.1 Å². The van der Waals surface area contributed by atoms with E-state index in [1.54, 1.807) is 23.9 Å². The average molecular weight is 346 g/mol. The molecular formula is C19H18N6O. The zero-order chi connectivity index (χ0) is 18.1. The summed E-state index contributed by atoms with van der Waals surface area (Å²) in [6, 6.07) is 13.3. The number of carbonyl (C=O) groups is 1. The molecule has 0 spiro atoms. The third-order valence-corrected chi connectivity index (χ3v) is 4.72. The minimum atomic E-state index is -0.132. The van der Waals surface area contributed by atoms with Crippen molar-refractivity contribution in [3.05, 3.63) is 59.7 Å². The SMILES string of the molecule is Cn1cc(C#N)cc1C(=O)N1CCC[C@@H]1c1nc(-c2ccccc2)n[nH]1. The zero-order valence-electron chi connectivity index (χ0n) is 14.4. The predicted molar refractivity (Wildman–Crippen MR) is 95.0 cm³/mol. The lowest BCUT2D eigenvalue weighted by molar-refractivity contribution is 0.0720. The zero-order valence-corrected chi connectivity index (χ0v) is 14.4. The van der Waals surface area contributed by atoms with Crippen LogP contribution >= 0.6 is 0 Å². The standard InChI is InChI=1S/C19H18N6O/c1-24-12-13(11-20)10-16(24)19(26)25-9-5-8-15(25)18-21-17(22-23-18)14-6-3-2-4-7-14/h2-4,6-7,10,12,15H,5,8-9H2,1H3,(H,21,22,23)/t15-/m1/s1. The molecule has 26 heavy (non-hydrogen) atoms. The van der Waals surface area contributed by atoms with E-state index in [9.17, 15) is 4.79 Å². The normalized spacial score (nSPS) is 16.6. The molecular weight excluding hydrogens is 328 g/mol. The molecule has 1 amide bonds. The van der Waals surface area contributed by atoms with Gasteiger partial charge in [0.25, 0.3) is 5.91 Å². The van der Waals surface area contributed by atoms with E-state index in [-0.39, 0.29) is 11.9 Å². The average Bonchev–Trinajstić information content (AvgIpc) is 3.40. The number of nitrogens with one attached hydrogen (secondary N) is 1. The summed E-state index contributed by atoms with van der Waals surface area (Å²) >= 11 is 0. The van der Waals surface area contributed by atoms with Crippen molar-refractivity contribution in [2.24, 2.45) is 7.05 Å². The molecule has 1 aliphatic rings. The number of nitriles is 1. The van der Waals surface area contributed by atoms with Crippen LogP contribution in [0.1, 0.15) is 40.8 Å². The molecule has 0 radical (unpaired) electrons. The van der Waals surface area contributed by atoms with Gasteiger partial charge >= 0.3 is 0 Å². The largest absolute Gasteiger partial charge is 0.345 e. The lowest BCUT2D eigenvalue weighted by Gasteiger charge is -2.23. The number of hydrogen-bond donors (Lipinski definition) is 1. The van der Waals surface area contributed by atoms with Gasteiger partial charge in [0.1, 0.15) is 17.6 Å². The highest BCUT2D eigenvalue weighted by molar-refractivity contribution is 5.93. The molecule has 1 saturated heterocycles. The van der Waals surface area contributed by atoms with Gasteiger partial charge in [-0.1, -0.05) is 30.3 Å². The van der Waals surface area contributed by atoms with Gasteiger partial charge in [-0.2, -0.15) is 10.4 Å². The van der Waals surface area contributed by atoms with Crippen LogP contribution < -0.4 is 0 Å². The first-order valence-corrected chi connectivity index (χ1v) is 8.52. The van der Waals surface area contributed by atoms with Crippen molar-refractivity contribution in [3.63, 3.8) is 0 Å². The van der Waals surface area contributed by atoms with Crippen LogP contribution in [0.15, 0.2) is 42.6 Å². The van der Waals surface area contributed by atoms with E-state index < -0.39 is 0 Å². The number of nitrogens with zero attached hydrogens (tertiary/aromatic N) is 5. The van der Waals surface area contributed by atoms with E-state index in [0.29, 0.717) is 29.5 Å². The third-order valence-electron chi connectivity index (χ3n) is 4.72. The monoisotopic (exact) mass is 346 g/mol. The maximum Gasteiger partial charge on any atom is 0.271 e. The van der Waals surface area contributed by atoms with E-state index in [2.05, 4.69) is 21.3 Å². The van der Waals surface area contributed by atoms with Gasteiger partial charge in [0.15, 0.2) is 5.82 Å². The summed E-state index contributed by atoms with van der Waals surface area (Å²) in [6.45, 7) is 0.665. The predicted octanol–water partition coefficient (Wildman–Crippen LogP) is 2.66. The van der Waals surface area contributed by atoms with E-state index >= 15 is 0 Å². The molecule has 1 fully saturated rings. The minimum absolute atomic E-state index is 0.0887. The highest BCUT2D eigenvalue weighted by atomic mass is 16.2. The van der Waals surface area contributed by atoms with E-state index in [1.165, 1.54) is 0 Å². The summed E-state index contributed by atoms with van der Waals surface area (Å²) in [6.07, 6.45) is 3.41. The molecule has 1 aliphatic heterocycles. The number of carbonyl (C=O) groups excluding carboxylic acids is 1. The Labute approximate surface area is 150 Å². The minimum Gasteiger partial charge on any atom is -0.345 e. The lowest BCUT2D eigenvalue weighted by Crippen LogP contribution is -2.32. The highest BCUT2D eigenvalue weighted by Crippen LogP contribution is 2.32. The van der Waals surface area contributed by atoms with Crippen molar-refractivity contribution in [1.82, 2.24) is 24.6 Å². The van der Waals surface area contributed by atoms with Gasteiger partial charge < -0.3 is 9.47 Å². The van der Waals surface area contributed by atoms with Crippen LogP contribution in [0.3, 0.4) is 0 Å². The first kappa shape index (κ1) is 16.1. The second kappa shape index (κ2) is 6.48. The molecule has 0 bridgehead atoms. The number of benzene rings is 1. The summed E-state index contributed by atoms with van der Waals surface area (Å²) in [5.74, 6) is 1.24. The maximum atomic E-state index is 13.0. The first-order valence-electron chi connectivity index (χ1n) is 8.52. The van der Waals surface area contributed by atoms with Gasteiger partial charge in [0.05, 0.1) is 11.6 Å². The summed E-state index contributed by atoms with van der Waals surface area (Å²) in [7, 11) is 1.78. The van der Waals surface area contributed by atoms with Crippen LogP contribution in [0.5, 0.6) is 0 Å². The smallest absolute Gasteiger partial charge is 0.271 e. The van der Waals surface area contributed by atoms with Gasteiger partial charge in [0, 0.05) is 25.4 Å². The van der Waals surface area contributed by atoms with Crippen LogP contribution in [0.2, 0.25) is 0 Å². The Kier molecular flexibility index (Phi) is 4.01. The van der Waals surface area contributed by atoms with Crippen molar-refractivity contribution >= 4 is 5.91 Å². The molecule has 4 rings (SSSR count). The highest BCUT2D eigenvalue weighted by Gasteiger charge is 2.34. The summed E-state index contributed by atoms with van der Waals surface area (Å²) in [5.41, 5.74) is 1.93. The molecule has 3 heterocycles. The van der Waals surface area contributed by atoms with Crippen LogP contribution in [0.4, 0.5) is 0 Å². The molecule has 1 aromatic carbocycles. The molecule has 1 atom stereocenters. The maximum absolute atomic E-state index is 13.0. The fraction of sp³-hybridized carbons (Fsp3) is 0.263. The van der Waals surface area contributed by atoms with Crippen molar-refractivity contribution < 1.29 is 4.79 Å².